The predicted octanol–water partition coefficient (Wildman–Crippen LogP) is 1.45. The van der Waals surface area contributed by atoms with Crippen LogP contribution >= 0.6 is 0 Å². The SMILES string of the molecule is CC(C)c1cc(C(=O)NCCc2nnc3ccccn23)nc(N2CCOCC2)n1. The topological polar surface area (TPSA) is 97.5 Å². The number of pyridine rings is 1. The van der Waals surface area contributed by atoms with Gasteiger partial charge in [-0.1, -0.05) is 19.9 Å². The molecule has 3 aromatic rings. The van der Waals surface area contributed by atoms with Crippen LogP contribution in [0.25, 0.3) is 5.65 Å². The number of amides is 1. The van der Waals surface area contributed by atoms with Gasteiger partial charge in [-0.25, -0.2) is 9.97 Å². The molecule has 0 spiro atoms. The van der Waals surface area contributed by atoms with E-state index < -0.39 is 0 Å². The first-order valence-electron chi connectivity index (χ1n) is 9.90. The standard InChI is InChI=1S/C20H25N7O2/c1-14(2)15-13-16(23-20(22-15)26-9-11-29-12-10-26)19(28)21-7-6-18-25-24-17-5-3-4-8-27(17)18/h3-5,8,13-14H,6-7,9-12H2,1-2H3,(H,21,28). The molecule has 0 bridgehead atoms. The van der Waals surface area contributed by atoms with Crippen molar-refractivity contribution in [2.24, 2.45) is 0 Å². The predicted molar refractivity (Wildman–Crippen MR) is 108 cm³/mol. The summed E-state index contributed by atoms with van der Waals surface area (Å²) in [5.41, 5.74) is 2.03. The van der Waals surface area contributed by atoms with Crippen LogP contribution in [-0.4, -0.2) is 63.3 Å². The van der Waals surface area contributed by atoms with E-state index in [0.717, 1.165) is 30.3 Å². The van der Waals surface area contributed by atoms with Crippen molar-refractivity contribution in [2.75, 3.05) is 37.7 Å². The Bertz CT molecular complexity index is 995. The second-order valence-corrected chi connectivity index (χ2v) is 7.28. The minimum atomic E-state index is -0.211. The first-order chi connectivity index (χ1) is 14.1. The molecule has 9 heteroatoms. The molecule has 1 saturated heterocycles. The van der Waals surface area contributed by atoms with Crippen LogP contribution in [0.1, 0.15) is 41.8 Å². The summed E-state index contributed by atoms with van der Waals surface area (Å²) in [5.74, 6) is 1.39. The van der Waals surface area contributed by atoms with Crippen LogP contribution < -0.4 is 10.2 Å². The Kier molecular flexibility index (Phi) is 5.66. The van der Waals surface area contributed by atoms with Crippen LogP contribution in [0.4, 0.5) is 5.95 Å². The lowest BCUT2D eigenvalue weighted by atomic mass is 10.1. The highest BCUT2D eigenvalue weighted by Gasteiger charge is 2.19. The number of carbonyl (C=O) groups excluding carboxylic acids is 1. The lowest BCUT2D eigenvalue weighted by Crippen LogP contribution is -2.38. The number of hydrogen-bond donors (Lipinski definition) is 1. The van der Waals surface area contributed by atoms with Crippen molar-refractivity contribution >= 4 is 17.5 Å². The molecule has 3 aromatic heterocycles. The van der Waals surface area contributed by atoms with E-state index in [1.54, 1.807) is 6.07 Å². The number of rotatable bonds is 6. The van der Waals surface area contributed by atoms with Gasteiger partial charge in [-0.15, -0.1) is 10.2 Å². The van der Waals surface area contributed by atoms with Crippen molar-refractivity contribution in [3.8, 4) is 0 Å². The average molecular weight is 395 g/mol. The first kappa shape index (κ1) is 19.3. The Morgan fingerprint density at radius 1 is 1.21 bits per heavy atom. The van der Waals surface area contributed by atoms with Crippen LogP contribution in [0.2, 0.25) is 0 Å². The molecule has 0 aromatic carbocycles. The summed E-state index contributed by atoms with van der Waals surface area (Å²) < 4.78 is 7.33. The average Bonchev–Trinajstić information content (AvgIpc) is 3.17. The summed E-state index contributed by atoms with van der Waals surface area (Å²) in [6.45, 7) is 7.30. The second kappa shape index (κ2) is 8.52. The van der Waals surface area contributed by atoms with Gasteiger partial charge in [0.1, 0.15) is 11.5 Å². The molecule has 29 heavy (non-hydrogen) atoms. The number of carbonyl (C=O) groups is 1. The monoisotopic (exact) mass is 395 g/mol. The first-order valence-corrected chi connectivity index (χ1v) is 9.90. The van der Waals surface area contributed by atoms with Crippen molar-refractivity contribution in [3.63, 3.8) is 0 Å². The number of ether oxygens (including phenoxy) is 1. The molecule has 1 N–H and O–H groups in total. The van der Waals surface area contributed by atoms with E-state index >= 15 is 0 Å². The number of anilines is 1. The zero-order chi connectivity index (χ0) is 20.2. The fourth-order valence-corrected chi connectivity index (χ4v) is 3.21. The summed E-state index contributed by atoms with van der Waals surface area (Å²) in [4.78, 5) is 24.0. The van der Waals surface area contributed by atoms with Crippen molar-refractivity contribution in [3.05, 3.63) is 47.7 Å². The number of nitrogens with zero attached hydrogens (tertiary/aromatic N) is 6. The highest BCUT2D eigenvalue weighted by molar-refractivity contribution is 5.92. The highest BCUT2D eigenvalue weighted by atomic mass is 16.5. The maximum Gasteiger partial charge on any atom is 0.270 e. The number of fused-ring (bicyclic) bond motifs is 1. The molecule has 9 nitrogen and oxygen atoms in total. The van der Waals surface area contributed by atoms with E-state index in [9.17, 15) is 4.79 Å². The van der Waals surface area contributed by atoms with Gasteiger partial charge in [-0.3, -0.25) is 9.20 Å². The molecule has 1 fully saturated rings. The Labute approximate surface area is 169 Å². The molecule has 1 amide bonds. The molecular weight excluding hydrogens is 370 g/mol. The van der Waals surface area contributed by atoms with Crippen molar-refractivity contribution in [1.82, 2.24) is 29.9 Å². The van der Waals surface area contributed by atoms with Crippen LogP contribution in [0.15, 0.2) is 30.5 Å². The summed E-state index contributed by atoms with van der Waals surface area (Å²) >= 11 is 0. The van der Waals surface area contributed by atoms with E-state index in [1.165, 1.54) is 0 Å². The van der Waals surface area contributed by atoms with Crippen LogP contribution in [0, 0.1) is 0 Å². The van der Waals surface area contributed by atoms with Gasteiger partial charge in [0.05, 0.1) is 13.2 Å². The molecule has 0 radical (unpaired) electrons. The van der Waals surface area contributed by atoms with Gasteiger partial charge >= 0.3 is 0 Å². The van der Waals surface area contributed by atoms with Crippen molar-refractivity contribution in [2.45, 2.75) is 26.2 Å². The number of nitrogens with one attached hydrogen (secondary N) is 1. The summed E-state index contributed by atoms with van der Waals surface area (Å²) in [5, 5.41) is 11.3. The Hall–Kier alpha value is -3.07. The summed E-state index contributed by atoms with van der Waals surface area (Å²) in [6, 6.07) is 7.52. The van der Waals surface area contributed by atoms with Gasteiger partial charge in [0.25, 0.3) is 5.91 Å². The summed E-state index contributed by atoms with van der Waals surface area (Å²) in [7, 11) is 0. The van der Waals surface area contributed by atoms with Gasteiger partial charge in [-0.05, 0) is 24.1 Å². The quantitative estimate of drug-likeness (QED) is 0.675. The third kappa shape index (κ3) is 4.34. The van der Waals surface area contributed by atoms with Gasteiger partial charge in [0, 0.05) is 37.9 Å². The molecule has 0 saturated carbocycles. The lowest BCUT2D eigenvalue weighted by Gasteiger charge is -2.27. The maximum atomic E-state index is 12.8. The molecule has 4 heterocycles. The van der Waals surface area contributed by atoms with Gasteiger partial charge in [0.15, 0.2) is 5.65 Å². The molecule has 0 atom stereocenters. The molecule has 152 valence electrons. The Morgan fingerprint density at radius 3 is 2.83 bits per heavy atom. The Balaban J connectivity index is 1.46. The number of hydrogen-bond acceptors (Lipinski definition) is 7. The second-order valence-electron chi connectivity index (χ2n) is 7.28. The fraction of sp³-hybridized carbons (Fsp3) is 0.450. The van der Waals surface area contributed by atoms with Crippen LogP contribution in [-0.2, 0) is 11.2 Å². The van der Waals surface area contributed by atoms with Crippen LogP contribution in [0.3, 0.4) is 0 Å². The molecule has 1 aliphatic heterocycles. The Morgan fingerprint density at radius 2 is 2.03 bits per heavy atom. The minimum absolute atomic E-state index is 0.201. The molecular formula is C20H25N7O2. The highest BCUT2D eigenvalue weighted by Crippen LogP contribution is 2.18. The van der Waals surface area contributed by atoms with Gasteiger partial charge in [-0.2, -0.15) is 0 Å². The fourth-order valence-electron chi connectivity index (χ4n) is 3.21. The van der Waals surface area contributed by atoms with Crippen LogP contribution in [0.5, 0.6) is 0 Å². The lowest BCUT2D eigenvalue weighted by molar-refractivity contribution is 0.0948. The smallest absolute Gasteiger partial charge is 0.270 e. The van der Waals surface area contributed by atoms with E-state index in [2.05, 4.69) is 44.2 Å². The zero-order valence-electron chi connectivity index (χ0n) is 16.7. The zero-order valence-corrected chi connectivity index (χ0v) is 16.7. The van der Waals surface area contributed by atoms with Gasteiger partial charge in [0.2, 0.25) is 5.95 Å². The normalized spacial score (nSPS) is 14.5. The largest absolute Gasteiger partial charge is 0.378 e. The molecule has 4 rings (SSSR count). The van der Waals surface area contributed by atoms with E-state index in [0.29, 0.717) is 37.8 Å². The third-order valence-electron chi connectivity index (χ3n) is 4.87. The van der Waals surface area contributed by atoms with E-state index in [1.807, 2.05) is 28.8 Å². The van der Waals surface area contributed by atoms with Crippen molar-refractivity contribution < 1.29 is 9.53 Å². The number of aromatic nitrogens is 5. The number of morpholine rings is 1. The molecule has 1 aliphatic rings. The van der Waals surface area contributed by atoms with E-state index in [4.69, 9.17) is 4.74 Å². The van der Waals surface area contributed by atoms with Crippen molar-refractivity contribution in [1.29, 1.82) is 0 Å². The molecule has 0 unspecified atom stereocenters. The van der Waals surface area contributed by atoms with Gasteiger partial charge < -0.3 is 15.0 Å². The minimum Gasteiger partial charge on any atom is -0.378 e. The molecule has 0 aliphatic carbocycles. The van der Waals surface area contributed by atoms with E-state index in [-0.39, 0.29) is 11.8 Å². The maximum absolute atomic E-state index is 12.8. The third-order valence-corrected chi connectivity index (χ3v) is 4.87. The summed E-state index contributed by atoms with van der Waals surface area (Å²) in [6.07, 6.45) is 2.50.